The maximum atomic E-state index is 14.1. The van der Waals surface area contributed by atoms with E-state index in [1.807, 2.05) is 21.0 Å². The molecule has 0 aromatic heterocycles. The van der Waals surface area contributed by atoms with Gasteiger partial charge in [-0.2, -0.15) is 0 Å². The summed E-state index contributed by atoms with van der Waals surface area (Å²) in [5.41, 5.74) is -4.83. The van der Waals surface area contributed by atoms with E-state index in [1.54, 1.807) is 41.5 Å². The van der Waals surface area contributed by atoms with Gasteiger partial charge < -0.3 is 58.9 Å². The molecule has 0 aromatic rings. The number of hydrogen-bond acceptors (Lipinski definition) is 13. The van der Waals surface area contributed by atoms with Crippen LogP contribution < -0.4 is 4.90 Å². The monoisotopic (exact) mass is 734 g/mol. The van der Waals surface area contributed by atoms with E-state index in [0.717, 1.165) is 4.90 Å². The molecular formula is C37H68NO13+. The van der Waals surface area contributed by atoms with Gasteiger partial charge in [0.05, 0.1) is 61.7 Å². The van der Waals surface area contributed by atoms with Gasteiger partial charge in [0.2, 0.25) is 0 Å². The van der Waals surface area contributed by atoms with E-state index >= 15 is 0 Å². The van der Waals surface area contributed by atoms with Crippen LogP contribution >= 0.6 is 0 Å². The summed E-state index contributed by atoms with van der Waals surface area (Å²) in [5, 5.41) is 57.6. The van der Waals surface area contributed by atoms with Crippen molar-refractivity contribution in [2.45, 2.75) is 179 Å². The number of cyclic esters (lactones) is 1. The Kier molecular flexibility index (Phi) is 14.7. The normalized spacial score (nSPS) is 49.7. The SMILES string of the molecule is CC[C@H]1OC(=O)[C@H](C)[C@@H](O[C@H]2C[C@@](C)(OC)[C@@H](O)[C@H](C)O2)[C@H](C)[C@@H](O[C@@H]2O[C@H](C)C[C@H]([NH+](C)C)[C@H]2O)[C@](C)(O)C[C@@H](C)C(=O)[C@H](C)[C@@H](O)[C@]1(C)O. The molecule has 3 aliphatic rings. The van der Waals surface area contributed by atoms with Gasteiger partial charge in [-0.15, -0.1) is 0 Å². The highest BCUT2D eigenvalue weighted by Gasteiger charge is 2.53. The van der Waals surface area contributed by atoms with Crippen LogP contribution in [0.2, 0.25) is 0 Å². The van der Waals surface area contributed by atoms with Crippen molar-refractivity contribution in [2.75, 3.05) is 21.2 Å². The van der Waals surface area contributed by atoms with Crippen molar-refractivity contribution in [1.82, 2.24) is 0 Å². The van der Waals surface area contributed by atoms with Crippen LogP contribution in [-0.4, -0.2) is 143 Å². The number of carbonyl (C=O) groups is 2. The van der Waals surface area contributed by atoms with E-state index in [4.69, 9.17) is 28.4 Å². The number of ether oxygens (including phenoxy) is 6. The average Bonchev–Trinajstić information content (AvgIpc) is 3.05. The Hall–Kier alpha value is -1.30. The van der Waals surface area contributed by atoms with Crippen molar-refractivity contribution in [3.8, 4) is 0 Å². The molecule has 0 aliphatic carbocycles. The van der Waals surface area contributed by atoms with Gasteiger partial charge in [-0.1, -0.05) is 27.7 Å². The molecule has 3 saturated heterocycles. The summed E-state index contributed by atoms with van der Waals surface area (Å²) < 4.78 is 37.1. The van der Waals surface area contributed by atoms with Crippen LogP contribution in [0.4, 0.5) is 0 Å². The lowest BCUT2D eigenvalue weighted by atomic mass is 9.74. The quantitative estimate of drug-likeness (QED) is 0.197. The molecule has 0 bridgehead atoms. The van der Waals surface area contributed by atoms with Gasteiger partial charge in [-0.3, -0.25) is 9.59 Å². The fourth-order valence-corrected chi connectivity index (χ4v) is 8.50. The molecule has 14 heteroatoms. The second-order valence-corrected chi connectivity index (χ2v) is 16.6. The van der Waals surface area contributed by atoms with Crippen LogP contribution in [0.1, 0.15) is 94.9 Å². The fourth-order valence-electron chi connectivity index (χ4n) is 8.50. The Labute approximate surface area is 304 Å². The first kappa shape index (κ1) is 44.1. The average molecular weight is 735 g/mol. The van der Waals surface area contributed by atoms with Gasteiger partial charge in [0, 0.05) is 37.7 Å². The number of ketones is 1. The predicted octanol–water partition coefficient (Wildman–Crippen LogP) is 0.369. The lowest BCUT2D eigenvalue weighted by Crippen LogP contribution is -3.12. The minimum atomic E-state index is -1.99. The molecule has 0 aromatic carbocycles. The first-order valence-electron chi connectivity index (χ1n) is 18.6. The van der Waals surface area contributed by atoms with Gasteiger partial charge >= 0.3 is 5.97 Å². The highest BCUT2D eigenvalue weighted by atomic mass is 16.7. The summed E-state index contributed by atoms with van der Waals surface area (Å²) in [6, 6.07) is -0.240. The number of nitrogens with one attached hydrogen (secondary N) is 1. The molecule has 51 heavy (non-hydrogen) atoms. The summed E-state index contributed by atoms with van der Waals surface area (Å²) in [5.74, 6) is -4.95. The van der Waals surface area contributed by atoms with Crippen molar-refractivity contribution >= 4 is 11.8 Å². The number of quaternary nitrogens is 1. The summed E-state index contributed by atoms with van der Waals surface area (Å²) >= 11 is 0. The summed E-state index contributed by atoms with van der Waals surface area (Å²) in [6.45, 7) is 16.4. The zero-order valence-electron chi connectivity index (χ0n) is 33.0. The zero-order chi connectivity index (χ0) is 39.0. The minimum absolute atomic E-state index is 0.0963. The Morgan fingerprint density at radius 3 is 2.04 bits per heavy atom. The van der Waals surface area contributed by atoms with Crippen LogP contribution in [0.25, 0.3) is 0 Å². The molecule has 0 unspecified atom stereocenters. The summed E-state index contributed by atoms with van der Waals surface area (Å²) in [6.07, 6.45) is -9.56. The molecule has 298 valence electrons. The van der Waals surface area contributed by atoms with Gasteiger partial charge in [0.1, 0.15) is 29.6 Å². The molecule has 3 rings (SSSR count). The number of aliphatic hydroxyl groups excluding tert-OH is 3. The van der Waals surface area contributed by atoms with Crippen molar-refractivity contribution in [1.29, 1.82) is 0 Å². The van der Waals surface area contributed by atoms with Crippen LogP contribution in [0.5, 0.6) is 0 Å². The number of rotatable bonds is 7. The Morgan fingerprint density at radius 1 is 0.882 bits per heavy atom. The van der Waals surface area contributed by atoms with E-state index in [1.165, 1.54) is 27.9 Å². The van der Waals surface area contributed by atoms with E-state index < -0.39 is 108 Å². The van der Waals surface area contributed by atoms with E-state index in [2.05, 4.69) is 0 Å². The highest BCUT2D eigenvalue weighted by molar-refractivity contribution is 5.83. The number of carbonyl (C=O) groups excluding carboxylic acids is 2. The standard InChI is InChI=1S/C37H67NO13/c1-14-25-37(10,45)30(41)20(4)27(39)18(2)16-35(8,44)32(51-34-28(40)24(38(11)12)15-19(3)47-34)21(5)29(22(6)33(43)49-25)50-26-17-36(9,46-13)31(42)23(7)48-26/h18-26,28-32,34,40-42,44-45H,14-17H2,1-13H3/p+1/t18-,19-,20+,21+,22-,23+,24+,25-,26+,28-,29+,30-,31+,32-,34+,35-,36-,37-/m1/s1. The van der Waals surface area contributed by atoms with Crippen LogP contribution in [0.3, 0.4) is 0 Å². The third-order valence-electron chi connectivity index (χ3n) is 11.9. The Balaban J connectivity index is 2.18. The van der Waals surface area contributed by atoms with Crippen LogP contribution in [-0.2, 0) is 38.0 Å². The van der Waals surface area contributed by atoms with E-state index in [-0.39, 0.29) is 31.4 Å². The molecule has 0 amide bonds. The molecule has 0 saturated carbocycles. The van der Waals surface area contributed by atoms with Gasteiger partial charge in [0.15, 0.2) is 18.7 Å². The predicted molar refractivity (Wildman–Crippen MR) is 185 cm³/mol. The van der Waals surface area contributed by atoms with E-state index in [9.17, 15) is 35.1 Å². The summed E-state index contributed by atoms with van der Waals surface area (Å²) in [7, 11) is 5.34. The molecule has 18 atom stereocenters. The number of Topliss-reactive ketones (excluding diaryl/α,β-unsaturated/α-hetero) is 1. The lowest BCUT2D eigenvalue weighted by Gasteiger charge is -2.48. The first-order chi connectivity index (χ1) is 23.4. The van der Waals surface area contributed by atoms with Crippen molar-refractivity contribution < 1.29 is 68.4 Å². The minimum Gasteiger partial charge on any atom is -0.459 e. The largest absolute Gasteiger partial charge is 0.459 e. The molecule has 14 nitrogen and oxygen atoms in total. The molecule has 0 spiro atoms. The second kappa shape index (κ2) is 17.0. The van der Waals surface area contributed by atoms with Crippen molar-refractivity contribution in [3.63, 3.8) is 0 Å². The molecule has 3 fully saturated rings. The van der Waals surface area contributed by atoms with Gasteiger partial charge in [-0.25, -0.2) is 0 Å². The molecule has 3 heterocycles. The van der Waals surface area contributed by atoms with Crippen LogP contribution in [0, 0.1) is 23.7 Å². The highest BCUT2D eigenvalue weighted by Crippen LogP contribution is 2.40. The number of esters is 1. The smallest absolute Gasteiger partial charge is 0.311 e. The molecule has 0 radical (unpaired) electrons. The lowest BCUT2D eigenvalue weighted by molar-refractivity contribution is -0.893. The van der Waals surface area contributed by atoms with Crippen LogP contribution in [0.15, 0.2) is 0 Å². The molecule has 3 aliphatic heterocycles. The fraction of sp³-hybridized carbons (Fsp3) is 0.946. The zero-order valence-corrected chi connectivity index (χ0v) is 33.0. The summed E-state index contributed by atoms with van der Waals surface area (Å²) in [4.78, 5) is 28.9. The number of hydrogen-bond donors (Lipinski definition) is 6. The first-order valence-corrected chi connectivity index (χ1v) is 18.6. The molecule has 6 N–H and O–H groups in total. The maximum absolute atomic E-state index is 14.1. The van der Waals surface area contributed by atoms with Gasteiger partial charge in [-0.05, 0) is 54.4 Å². The van der Waals surface area contributed by atoms with E-state index in [0.29, 0.717) is 6.42 Å². The topological polar surface area (TPSA) is 195 Å². The third-order valence-corrected chi connectivity index (χ3v) is 11.9. The van der Waals surface area contributed by atoms with Crippen molar-refractivity contribution in [3.05, 3.63) is 0 Å². The number of likely N-dealkylation sites (N-methyl/N-ethyl adjacent to an activating group) is 1. The second-order valence-electron chi connectivity index (χ2n) is 16.6. The number of methoxy groups -OCH3 is 1. The third kappa shape index (κ3) is 9.51. The maximum Gasteiger partial charge on any atom is 0.311 e. The Bertz CT molecular complexity index is 1170. The Morgan fingerprint density at radius 2 is 1.49 bits per heavy atom. The van der Waals surface area contributed by atoms with Crippen molar-refractivity contribution in [2.24, 2.45) is 23.7 Å². The van der Waals surface area contributed by atoms with Gasteiger partial charge in [0.25, 0.3) is 0 Å². The molecular weight excluding hydrogens is 666 g/mol. The number of aliphatic hydroxyl groups is 5.